The fraction of sp³-hybridized carbons (Fsp3) is 0.138. The first kappa shape index (κ1) is 23.9. The van der Waals surface area contributed by atoms with Crippen LogP contribution < -0.4 is 24.6 Å². The summed E-state index contributed by atoms with van der Waals surface area (Å²) in [6.45, 7) is 4.29. The van der Waals surface area contributed by atoms with Gasteiger partial charge in [0.2, 0.25) is 0 Å². The van der Waals surface area contributed by atoms with Crippen LogP contribution in [0.3, 0.4) is 0 Å². The van der Waals surface area contributed by atoms with Crippen LogP contribution in [-0.4, -0.2) is 21.8 Å². The van der Waals surface area contributed by atoms with E-state index >= 15 is 0 Å². The van der Waals surface area contributed by atoms with Gasteiger partial charge in [-0.1, -0.05) is 92.4 Å². The molecule has 4 aromatic rings. The predicted octanol–water partition coefficient (Wildman–Crippen LogP) is 4.61. The Morgan fingerprint density at radius 1 is 0.811 bits per heavy atom. The van der Waals surface area contributed by atoms with Gasteiger partial charge in [-0.15, -0.1) is 11.3 Å². The minimum Gasteiger partial charge on any atom is -0.346 e. The molecule has 37 heavy (non-hydrogen) atoms. The average Bonchev–Trinajstić information content (AvgIpc) is 3.46. The molecule has 1 aromatic heterocycles. The lowest BCUT2D eigenvalue weighted by Crippen LogP contribution is -2.37. The zero-order chi connectivity index (χ0) is 25.9. The Kier molecular flexibility index (Phi) is 5.71. The average molecular weight is 542 g/mol. The number of nitrogens with zero attached hydrogens (tertiary/aromatic N) is 3. The second-order valence-electron chi connectivity index (χ2n) is 9.44. The molecule has 5 nitrogen and oxygen atoms in total. The second-order valence-corrected chi connectivity index (χ2v) is 12.1. The molecule has 1 amide bonds. The SMILES string of the molecule is CN1/C(=c2/s/c(=C3\SC(=S)N(c4ccccc4)C3=O)n(-c3ccccc3)c2=O)C(C)(C)c2ccccc21. The Bertz CT molecular complexity index is 1760. The third-order valence-corrected chi connectivity index (χ3v) is 9.52. The van der Waals surface area contributed by atoms with Gasteiger partial charge in [-0.3, -0.25) is 19.1 Å². The van der Waals surface area contributed by atoms with Crippen LogP contribution in [0.25, 0.3) is 16.3 Å². The molecule has 0 radical (unpaired) electrons. The minimum absolute atomic E-state index is 0.140. The highest BCUT2D eigenvalue weighted by Crippen LogP contribution is 2.47. The van der Waals surface area contributed by atoms with Gasteiger partial charge in [0.15, 0.2) is 4.32 Å². The van der Waals surface area contributed by atoms with Gasteiger partial charge < -0.3 is 4.90 Å². The molecule has 0 aliphatic carbocycles. The van der Waals surface area contributed by atoms with Crippen molar-refractivity contribution < 1.29 is 4.79 Å². The molecule has 1 fully saturated rings. The van der Waals surface area contributed by atoms with E-state index in [1.807, 2.05) is 79.8 Å². The van der Waals surface area contributed by atoms with Gasteiger partial charge >= 0.3 is 0 Å². The van der Waals surface area contributed by atoms with E-state index in [4.69, 9.17) is 12.2 Å². The number of benzene rings is 3. The molecule has 2 aliphatic heterocycles. The molecular formula is C29H23N3O2S3. The number of hydrogen-bond acceptors (Lipinski definition) is 6. The smallest absolute Gasteiger partial charge is 0.275 e. The van der Waals surface area contributed by atoms with Crippen molar-refractivity contribution in [3.05, 3.63) is 110 Å². The first-order chi connectivity index (χ1) is 17.8. The van der Waals surface area contributed by atoms with Crippen molar-refractivity contribution in [2.75, 3.05) is 16.8 Å². The quantitative estimate of drug-likeness (QED) is 0.347. The number of anilines is 2. The molecule has 0 spiro atoms. The Morgan fingerprint density at radius 3 is 2.05 bits per heavy atom. The van der Waals surface area contributed by atoms with Crippen LogP contribution in [0.15, 0.2) is 89.7 Å². The van der Waals surface area contributed by atoms with Crippen molar-refractivity contribution in [3.8, 4) is 5.69 Å². The number of carbonyl (C=O) groups excluding carboxylic acids is 1. The first-order valence-electron chi connectivity index (χ1n) is 11.8. The molecule has 1 saturated heterocycles. The van der Waals surface area contributed by atoms with E-state index < -0.39 is 0 Å². The van der Waals surface area contributed by atoms with Gasteiger partial charge in [0.1, 0.15) is 14.1 Å². The normalized spacial score (nSPS) is 19.5. The monoisotopic (exact) mass is 541 g/mol. The van der Waals surface area contributed by atoms with Crippen LogP contribution in [0.2, 0.25) is 0 Å². The molecule has 0 unspecified atom stereocenters. The van der Waals surface area contributed by atoms with Crippen LogP contribution in [0.5, 0.6) is 0 Å². The highest BCUT2D eigenvalue weighted by molar-refractivity contribution is 8.31. The van der Waals surface area contributed by atoms with Crippen LogP contribution in [0.1, 0.15) is 19.4 Å². The highest BCUT2D eigenvalue weighted by Gasteiger charge is 2.41. The summed E-state index contributed by atoms with van der Waals surface area (Å²) in [7, 11) is 2.00. The number of amides is 1. The molecule has 3 aromatic carbocycles. The molecule has 6 rings (SSSR count). The number of thiocarbonyl (C=S) groups is 1. The van der Waals surface area contributed by atoms with Crippen molar-refractivity contribution in [2.24, 2.45) is 0 Å². The zero-order valence-electron chi connectivity index (χ0n) is 20.5. The number of thioether (sulfide) groups is 1. The summed E-state index contributed by atoms with van der Waals surface area (Å²) in [5.74, 6) is -0.217. The summed E-state index contributed by atoms with van der Waals surface area (Å²) < 4.78 is 3.32. The molecule has 3 heterocycles. The van der Waals surface area contributed by atoms with Crippen molar-refractivity contribution in [1.82, 2.24) is 4.57 Å². The van der Waals surface area contributed by atoms with Gasteiger partial charge in [-0.05, 0) is 35.9 Å². The van der Waals surface area contributed by atoms with E-state index in [0.717, 1.165) is 11.4 Å². The fourth-order valence-corrected chi connectivity index (χ4v) is 8.00. The zero-order valence-corrected chi connectivity index (χ0v) is 22.9. The van der Waals surface area contributed by atoms with Crippen LogP contribution >= 0.6 is 35.3 Å². The van der Waals surface area contributed by atoms with E-state index in [9.17, 15) is 9.59 Å². The Morgan fingerprint density at radius 2 is 1.41 bits per heavy atom. The first-order valence-corrected chi connectivity index (χ1v) is 13.9. The Balaban J connectivity index is 1.68. The fourth-order valence-electron chi connectivity index (χ4n) is 5.18. The number of carbonyl (C=O) groups is 1. The second kappa shape index (κ2) is 8.83. The summed E-state index contributed by atoms with van der Waals surface area (Å²) in [6.07, 6.45) is 0. The Labute approximate surface area is 228 Å². The van der Waals surface area contributed by atoms with Crippen molar-refractivity contribution in [1.29, 1.82) is 0 Å². The molecular weight excluding hydrogens is 519 g/mol. The molecule has 0 saturated carbocycles. The number of fused-ring (bicyclic) bond motifs is 1. The summed E-state index contributed by atoms with van der Waals surface area (Å²) in [4.78, 5) is 32.1. The predicted molar refractivity (Wildman–Crippen MR) is 158 cm³/mol. The number of rotatable bonds is 2. The molecule has 2 aliphatic rings. The van der Waals surface area contributed by atoms with Crippen LogP contribution in [0.4, 0.5) is 11.4 Å². The minimum atomic E-state index is -0.385. The van der Waals surface area contributed by atoms with Crippen molar-refractivity contribution in [3.63, 3.8) is 0 Å². The van der Waals surface area contributed by atoms with Crippen molar-refractivity contribution >= 4 is 67.5 Å². The summed E-state index contributed by atoms with van der Waals surface area (Å²) in [6, 6.07) is 27.1. The summed E-state index contributed by atoms with van der Waals surface area (Å²) in [5, 5.41) is 0. The van der Waals surface area contributed by atoms with Gasteiger partial charge in [-0.2, -0.15) is 0 Å². The van der Waals surface area contributed by atoms with Gasteiger partial charge in [0.25, 0.3) is 11.5 Å². The molecule has 0 atom stereocenters. The van der Waals surface area contributed by atoms with Crippen LogP contribution in [0, 0.1) is 0 Å². The maximum absolute atomic E-state index is 14.2. The van der Waals surface area contributed by atoms with Gasteiger partial charge in [0.05, 0.1) is 17.1 Å². The molecule has 184 valence electrons. The maximum Gasteiger partial charge on any atom is 0.275 e. The maximum atomic E-state index is 14.2. The van der Waals surface area contributed by atoms with E-state index in [1.165, 1.54) is 28.7 Å². The van der Waals surface area contributed by atoms with E-state index in [1.54, 1.807) is 9.47 Å². The molecule has 8 heteroatoms. The van der Waals surface area contributed by atoms with E-state index in [0.29, 0.717) is 29.8 Å². The Hall–Kier alpha value is -3.46. The van der Waals surface area contributed by atoms with Gasteiger partial charge in [-0.25, -0.2) is 0 Å². The number of aromatic nitrogens is 1. The lowest BCUT2D eigenvalue weighted by Gasteiger charge is -2.23. The summed E-state index contributed by atoms with van der Waals surface area (Å²) >= 11 is 8.24. The highest BCUT2D eigenvalue weighted by atomic mass is 32.2. The topological polar surface area (TPSA) is 45.5 Å². The molecule has 0 N–H and O–H groups in total. The number of thiazole rings is 1. The third-order valence-electron chi connectivity index (χ3n) is 6.87. The number of para-hydroxylation sites is 3. The largest absolute Gasteiger partial charge is 0.346 e. The van der Waals surface area contributed by atoms with Crippen LogP contribution in [-0.2, 0) is 10.2 Å². The number of hydrogen-bond donors (Lipinski definition) is 0. The van der Waals surface area contributed by atoms with E-state index in [-0.39, 0.29) is 16.9 Å². The van der Waals surface area contributed by atoms with E-state index in [2.05, 4.69) is 30.9 Å². The molecule has 0 bridgehead atoms. The lowest BCUT2D eigenvalue weighted by atomic mass is 9.84. The summed E-state index contributed by atoms with van der Waals surface area (Å²) in [5.41, 5.74) is 4.09. The standard InChI is InChI=1S/C29H23N3O2S3/c1-29(2)20-16-10-11-17-21(20)30(3)24(29)22-25(33)31(18-12-6-4-7-13-18)27(36-22)23-26(34)32(28(35)37-23)19-14-8-5-9-15-19/h4-17H,1-3H3/b24-22+,27-23-. The lowest BCUT2D eigenvalue weighted by molar-refractivity contribution is -0.112. The third kappa shape index (κ3) is 3.62. The number of likely N-dealkylation sites (N-methyl/N-ethyl adjacent to an activating group) is 1. The van der Waals surface area contributed by atoms with Gasteiger partial charge in [0, 0.05) is 18.2 Å². The van der Waals surface area contributed by atoms with Crippen molar-refractivity contribution in [2.45, 2.75) is 19.3 Å².